The standard InChI is InChI=1S/C24H32O/c1-20-12-8-9-13-21(20)18-25-19-24(3,22-14-6-4-7-15-22)23(2)16-10-5-11-17-23/h4,6-9,12-15H,5,10-11,16-19H2,1-3H3. The highest BCUT2D eigenvalue weighted by Gasteiger charge is 2.46. The number of benzene rings is 2. The fourth-order valence-corrected chi connectivity index (χ4v) is 4.43. The Balaban J connectivity index is 1.81. The molecule has 0 bridgehead atoms. The van der Waals surface area contributed by atoms with Gasteiger partial charge in [-0.1, -0.05) is 87.7 Å². The lowest BCUT2D eigenvalue weighted by atomic mass is 9.56. The van der Waals surface area contributed by atoms with E-state index in [0.717, 1.165) is 6.61 Å². The third-order valence-corrected chi connectivity index (χ3v) is 6.61. The van der Waals surface area contributed by atoms with Gasteiger partial charge in [0.25, 0.3) is 0 Å². The van der Waals surface area contributed by atoms with E-state index in [1.807, 2.05) is 0 Å². The summed E-state index contributed by atoms with van der Waals surface area (Å²) in [5.74, 6) is 0. The number of aryl methyl sites for hydroxylation is 1. The Morgan fingerprint density at radius 3 is 2.24 bits per heavy atom. The van der Waals surface area contributed by atoms with E-state index in [-0.39, 0.29) is 5.41 Å². The van der Waals surface area contributed by atoms with Crippen LogP contribution in [0.4, 0.5) is 0 Å². The van der Waals surface area contributed by atoms with Gasteiger partial charge in [0.2, 0.25) is 0 Å². The zero-order chi connectivity index (χ0) is 17.8. The van der Waals surface area contributed by atoms with Gasteiger partial charge in [0.05, 0.1) is 13.2 Å². The van der Waals surface area contributed by atoms with E-state index >= 15 is 0 Å². The largest absolute Gasteiger partial charge is 0.376 e. The minimum atomic E-state index is 0.0529. The molecule has 1 saturated carbocycles. The third kappa shape index (κ3) is 3.82. The van der Waals surface area contributed by atoms with Gasteiger partial charge in [-0.25, -0.2) is 0 Å². The van der Waals surface area contributed by atoms with Crippen LogP contribution in [-0.2, 0) is 16.8 Å². The molecule has 1 atom stereocenters. The van der Waals surface area contributed by atoms with Crippen molar-refractivity contribution in [3.05, 3.63) is 71.3 Å². The van der Waals surface area contributed by atoms with Gasteiger partial charge in [0, 0.05) is 5.41 Å². The summed E-state index contributed by atoms with van der Waals surface area (Å²) < 4.78 is 6.34. The summed E-state index contributed by atoms with van der Waals surface area (Å²) >= 11 is 0. The molecular weight excluding hydrogens is 304 g/mol. The van der Waals surface area contributed by atoms with Crippen molar-refractivity contribution in [3.63, 3.8) is 0 Å². The predicted octanol–water partition coefficient (Wildman–Crippen LogP) is 6.44. The molecule has 2 aromatic rings. The van der Waals surface area contributed by atoms with E-state index in [9.17, 15) is 0 Å². The van der Waals surface area contributed by atoms with Gasteiger partial charge < -0.3 is 4.74 Å². The van der Waals surface area contributed by atoms with E-state index < -0.39 is 0 Å². The first-order valence-corrected chi connectivity index (χ1v) is 9.73. The summed E-state index contributed by atoms with van der Waals surface area (Å²) in [6.07, 6.45) is 6.66. The van der Waals surface area contributed by atoms with Crippen LogP contribution in [0.3, 0.4) is 0 Å². The van der Waals surface area contributed by atoms with Crippen molar-refractivity contribution >= 4 is 0 Å². The summed E-state index contributed by atoms with van der Waals surface area (Å²) in [5, 5.41) is 0. The zero-order valence-electron chi connectivity index (χ0n) is 16.1. The molecule has 25 heavy (non-hydrogen) atoms. The fourth-order valence-electron chi connectivity index (χ4n) is 4.43. The van der Waals surface area contributed by atoms with Gasteiger partial charge in [-0.2, -0.15) is 0 Å². The van der Waals surface area contributed by atoms with E-state index in [4.69, 9.17) is 4.74 Å². The van der Waals surface area contributed by atoms with Crippen molar-refractivity contribution in [2.24, 2.45) is 5.41 Å². The normalized spacial score (nSPS) is 19.3. The molecule has 134 valence electrons. The van der Waals surface area contributed by atoms with Crippen LogP contribution in [0.1, 0.15) is 62.6 Å². The molecule has 0 heterocycles. The molecule has 0 amide bonds. The molecule has 0 spiro atoms. The topological polar surface area (TPSA) is 9.23 Å². The van der Waals surface area contributed by atoms with Crippen LogP contribution >= 0.6 is 0 Å². The molecule has 1 aliphatic rings. The van der Waals surface area contributed by atoms with Crippen molar-refractivity contribution in [1.82, 2.24) is 0 Å². The average molecular weight is 337 g/mol. The number of hydrogen-bond acceptors (Lipinski definition) is 1. The summed E-state index contributed by atoms with van der Waals surface area (Å²) in [6, 6.07) is 19.6. The summed E-state index contributed by atoms with van der Waals surface area (Å²) in [5.41, 5.74) is 4.39. The van der Waals surface area contributed by atoms with Gasteiger partial charge in [0.15, 0.2) is 0 Å². The Morgan fingerprint density at radius 2 is 1.56 bits per heavy atom. The minimum absolute atomic E-state index is 0.0529. The van der Waals surface area contributed by atoms with Gasteiger partial charge >= 0.3 is 0 Å². The first kappa shape index (κ1) is 18.2. The zero-order valence-corrected chi connectivity index (χ0v) is 16.1. The first-order chi connectivity index (χ1) is 12.1. The molecular formula is C24H32O. The van der Waals surface area contributed by atoms with Crippen LogP contribution in [0.25, 0.3) is 0 Å². The van der Waals surface area contributed by atoms with E-state index in [0.29, 0.717) is 12.0 Å². The van der Waals surface area contributed by atoms with Crippen LogP contribution in [0.5, 0.6) is 0 Å². The minimum Gasteiger partial charge on any atom is -0.376 e. The summed E-state index contributed by atoms with van der Waals surface area (Å²) in [4.78, 5) is 0. The Labute approximate surface area is 153 Å². The molecule has 0 N–H and O–H groups in total. The monoisotopic (exact) mass is 336 g/mol. The smallest absolute Gasteiger partial charge is 0.0719 e. The molecule has 1 aliphatic carbocycles. The van der Waals surface area contributed by atoms with Gasteiger partial charge in [0.1, 0.15) is 0 Å². The SMILES string of the molecule is Cc1ccccc1COCC(C)(c1ccccc1)C1(C)CCCCC1. The average Bonchev–Trinajstić information content (AvgIpc) is 2.64. The molecule has 1 nitrogen and oxygen atoms in total. The van der Waals surface area contributed by atoms with Crippen molar-refractivity contribution < 1.29 is 4.74 Å². The molecule has 0 radical (unpaired) electrons. The fraction of sp³-hybridized carbons (Fsp3) is 0.500. The highest BCUT2D eigenvalue weighted by molar-refractivity contribution is 5.29. The number of hydrogen-bond donors (Lipinski definition) is 0. The van der Waals surface area contributed by atoms with E-state index in [1.54, 1.807) is 0 Å². The van der Waals surface area contributed by atoms with Crippen LogP contribution in [-0.4, -0.2) is 6.61 Å². The number of ether oxygens (including phenoxy) is 1. The Bertz CT molecular complexity index is 670. The first-order valence-electron chi connectivity index (χ1n) is 9.73. The van der Waals surface area contributed by atoms with Crippen molar-refractivity contribution in [2.75, 3.05) is 6.61 Å². The highest BCUT2D eigenvalue weighted by atomic mass is 16.5. The lowest BCUT2D eigenvalue weighted by molar-refractivity contribution is -0.00364. The second kappa shape index (κ2) is 7.74. The maximum absolute atomic E-state index is 6.34. The second-order valence-corrected chi connectivity index (χ2v) is 8.24. The highest BCUT2D eigenvalue weighted by Crippen LogP contribution is 2.51. The molecule has 1 heteroatoms. The van der Waals surface area contributed by atoms with E-state index in [1.165, 1.54) is 48.8 Å². The molecule has 0 aromatic heterocycles. The van der Waals surface area contributed by atoms with Gasteiger partial charge in [-0.15, -0.1) is 0 Å². The molecule has 3 rings (SSSR count). The molecule has 0 aliphatic heterocycles. The van der Waals surface area contributed by atoms with Crippen molar-refractivity contribution in [3.8, 4) is 0 Å². The van der Waals surface area contributed by atoms with Gasteiger partial charge in [-0.3, -0.25) is 0 Å². The van der Waals surface area contributed by atoms with Crippen LogP contribution in [0.15, 0.2) is 54.6 Å². The Hall–Kier alpha value is -1.60. The van der Waals surface area contributed by atoms with Crippen molar-refractivity contribution in [2.45, 2.75) is 64.9 Å². The second-order valence-electron chi connectivity index (χ2n) is 8.24. The lowest BCUT2D eigenvalue weighted by Gasteiger charge is -2.49. The van der Waals surface area contributed by atoms with Crippen LogP contribution in [0.2, 0.25) is 0 Å². The van der Waals surface area contributed by atoms with Crippen LogP contribution in [0, 0.1) is 12.3 Å². The van der Waals surface area contributed by atoms with E-state index in [2.05, 4.69) is 75.4 Å². The summed E-state index contributed by atoms with van der Waals surface area (Å²) in [6.45, 7) is 8.55. The molecule has 1 unspecified atom stereocenters. The van der Waals surface area contributed by atoms with Crippen molar-refractivity contribution in [1.29, 1.82) is 0 Å². The molecule has 1 fully saturated rings. The predicted molar refractivity (Wildman–Crippen MR) is 106 cm³/mol. The quantitative estimate of drug-likeness (QED) is 0.590. The molecule has 2 aromatic carbocycles. The van der Waals surface area contributed by atoms with Gasteiger partial charge in [-0.05, 0) is 41.9 Å². The van der Waals surface area contributed by atoms with Crippen LogP contribution < -0.4 is 0 Å². The Morgan fingerprint density at radius 1 is 0.920 bits per heavy atom. The maximum atomic E-state index is 6.34. The lowest BCUT2D eigenvalue weighted by Crippen LogP contribution is -2.46. The molecule has 0 saturated heterocycles. The summed E-state index contributed by atoms with van der Waals surface area (Å²) in [7, 11) is 0. The number of rotatable bonds is 6. The Kier molecular flexibility index (Phi) is 5.64. The third-order valence-electron chi connectivity index (χ3n) is 6.61. The maximum Gasteiger partial charge on any atom is 0.0719 e.